The van der Waals surface area contributed by atoms with Gasteiger partial charge in [0.25, 0.3) is 6.43 Å². The summed E-state index contributed by atoms with van der Waals surface area (Å²) >= 11 is 0. The van der Waals surface area contributed by atoms with E-state index in [-0.39, 0.29) is 23.2 Å². The normalized spacial score (nSPS) is 22.5. The molecule has 1 N–H and O–H groups in total. The predicted molar refractivity (Wildman–Crippen MR) is 81.7 cm³/mol. The largest absolute Gasteiger partial charge is 0.488 e. The highest BCUT2D eigenvalue weighted by atomic mass is 32.2. The molecule has 0 amide bonds. The first-order valence-electron chi connectivity index (χ1n) is 7.47. The van der Waals surface area contributed by atoms with Gasteiger partial charge in [0.15, 0.2) is 0 Å². The number of carbonyl (C=O) groups is 1. The highest BCUT2D eigenvalue weighted by molar-refractivity contribution is 7.89. The SMILES string of the molecule is CC1CCC(C(=O)O)CN1S(=O)(=O)c1ccc(OCC(F)F)cc1. The third-order valence-corrected chi connectivity index (χ3v) is 5.97. The molecule has 1 heterocycles. The van der Waals surface area contributed by atoms with Crippen molar-refractivity contribution in [2.45, 2.75) is 37.1 Å². The van der Waals surface area contributed by atoms with Gasteiger partial charge in [0.1, 0.15) is 12.4 Å². The minimum absolute atomic E-state index is 0.0233. The van der Waals surface area contributed by atoms with Crippen molar-refractivity contribution < 1.29 is 31.8 Å². The summed E-state index contributed by atoms with van der Waals surface area (Å²) in [5.41, 5.74) is 0. The third kappa shape index (κ3) is 4.21. The van der Waals surface area contributed by atoms with Crippen LogP contribution in [0.5, 0.6) is 5.75 Å². The van der Waals surface area contributed by atoms with Crippen molar-refractivity contribution in [2.24, 2.45) is 5.92 Å². The van der Waals surface area contributed by atoms with Crippen LogP contribution in [0.25, 0.3) is 0 Å². The number of carboxylic acid groups (broad SMARTS) is 1. The van der Waals surface area contributed by atoms with Gasteiger partial charge in [-0.1, -0.05) is 0 Å². The molecule has 134 valence electrons. The lowest BCUT2D eigenvalue weighted by Crippen LogP contribution is -2.47. The molecule has 0 spiro atoms. The minimum Gasteiger partial charge on any atom is -0.488 e. The Morgan fingerprint density at radius 3 is 2.50 bits per heavy atom. The Morgan fingerprint density at radius 1 is 1.33 bits per heavy atom. The maximum absolute atomic E-state index is 12.7. The van der Waals surface area contributed by atoms with E-state index in [9.17, 15) is 22.0 Å². The van der Waals surface area contributed by atoms with Crippen molar-refractivity contribution in [3.05, 3.63) is 24.3 Å². The van der Waals surface area contributed by atoms with Gasteiger partial charge in [0.05, 0.1) is 10.8 Å². The molecule has 6 nitrogen and oxygen atoms in total. The second kappa shape index (κ2) is 7.43. The summed E-state index contributed by atoms with van der Waals surface area (Å²) < 4.78 is 55.6. The fourth-order valence-corrected chi connectivity index (χ4v) is 4.32. The molecule has 1 aromatic rings. The molecule has 1 aliphatic heterocycles. The van der Waals surface area contributed by atoms with E-state index in [2.05, 4.69) is 0 Å². The Bertz CT molecular complexity index is 678. The molecule has 2 atom stereocenters. The molecular weight excluding hydrogens is 344 g/mol. The van der Waals surface area contributed by atoms with Crippen LogP contribution in [0, 0.1) is 5.92 Å². The topological polar surface area (TPSA) is 83.9 Å². The van der Waals surface area contributed by atoms with Crippen molar-refractivity contribution in [2.75, 3.05) is 13.2 Å². The summed E-state index contributed by atoms with van der Waals surface area (Å²) in [5.74, 6) is -1.60. The lowest BCUT2D eigenvalue weighted by molar-refractivity contribution is -0.143. The lowest BCUT2D eigenvalue weighted by Gasteiger charge is -2.35. The monoisotopic (exact) mass is 363 g/mol. The number of ether oxygens (including phenoxy) is 1. The van der Waals surface area contributed by atoms with Crippen LogP contribution in [-0.2, 0) is 14.8 Å². The van der Waals surface area contributed by atoms with E-state index >= 15 is 0 Å². The third-order valence-electron chi connectivity index (χ3n) is 3.98. The summed E-state index contributed by atoms with van der Waals surface area (Å²) in [6, 6.07) is 4.85. The molecule has 0 bridgehead atoms. The highest BCUT2D eigenvalue weighted by Gasteiger charge is 2.37. The first-order chi connectivity index (χ1) is 11.2. The van der Waals surface area contributed by atoms with Gasteiger partial charge >= 0.3 is 5.97 Å². The average molecular weight is 363 g/mol. The molecule has 1 saturated heterocycles. The number of sulfonamides is 1. The quantitative estimate of drug-likeness (QED) is 0.838. The lowest BCUT2D eigenvalue weighted by atomic mass is 9.96. The molecule has 1 aliphatic rings. The number of hydrogen-bond donors (Lipinski definition) is 1. The van der Waals surface area contributed by atoms with Crippen LogP contribution < -0.4 is 4.74 Å². The number of carboxylic acids is 1. The molecule has 9 heteroatoms. The van der Waals surface area contributed by atoms with E-state index in [0.717, 1.165) is 0 Å². The molecule has 2 unspecified atom stereocenters. The number of nitrogens with zero attached hydrogens (tertiary/aromatic N) is 1. The minimum atomic E-state index is -3.86. The molecule has 0 radical (unpaired) electrons. The molecule has 0 aromatic heterocycles. The fraction of sp³-hybridized carbons (Fsp3) is 0.533. The second-order valence-electron chi connectivity index (χ2n) is 5.71. The summed E-state index contributed by atoms with van der Waals surface area (Å²) in [5, 5.41) is 9.12. The van der Waals surface area contributed by atoms with Gasteiger partial charge in [-0.15, -0.1) is 0 Å². The van der Waals surface area contributed by atoms with E-state index in [4.69, 9.17) is 9.84 Å². The van der Waals surface area contributed by atoms with Gasteiger partial charge in [-0.2, -0.15) is 4.31 Å². The smallest absolute Gasteiger partial charge is 0.307 e. The summed E-state index contributed by atoms with van der Waals surface area (Å²) in [6.45, 7) is 0.883. The number of rotatable bonds is 6. The van der Waals surface area contributed by atoms with Crippen LogP contribution in [0.2, 0.25) is 0 Å². The number of aliphatic carboxylic acids is 1. The average Bonchev–Trinajstić information content (AvgIpc) is 2.53. The zero-order chi connectivity index (χ0) is 17.9. The van der Waals surface area contributed by atoms with Crippen molar-refractivity contribution in [3.8, 4) is 5.75 Å². The van der Waals surface area contributed by atoms with E-state index in [1.54, 1.807) is 6.92 Å². The fourth-order valence-electron chi connectivity index (χ4n) is 2.61. The number of alkyl halides is 2. The first-order valence-corrected chi connectivity index (χ1v) is 8.91. The Balaban J connectivity index is 2.18. The summed E-state index contributed by atoms with van der Waals surface area (Å²) in [4.78, 5) is 11.1. The molecule has 1 fully saturated rings. The van der Waals surface area contributed by atoms with E-state index in [1.807, 2.05) is 0 Å². The molecule has 24 heavy (non-hydrogen) atoms. The number of piperidine rings is 1. The number of halogens is 2. The van der Waals surface area contributed by atoms with Gasteiger partial charge in [-0.05, 0) is 44.0 Å². The van der Waals surface area contributed by atoms with Gasteiger partial charge in [0.2, 0.25) is 10.0 Å². The van der Waals surface area contributed by atoms with Crippen molar-refractivity contribution >= 4 is 16.0 Å². The Morgan fingerprint density at radius 2 is 1.96 bits per heavy atom. The van der Waals surface area contributed by atoms with E-state index in [0.29, 0.717) is 12.8 Å². The number of benzene rings is 1. The van der Waals surface area contributed by atoms with Gasteiger partial charge in [0, 0.05) is 12.6 Å². The predicted octanol–water partition coefficient (Wildman–Crippen LogP) is 2.20. The van der Waals surface area contributed by atoms with E-state index < -0.39 is 34.9 Å². The Kier molecular flexibility index (Phi) is 5.76. The maximum atomic E-state index is 12.7. The molecule has 1 aromatic carbocycles. The van der Waals surface area contributed by atoms with Gasteiger partial charge in [-0.3, -0.25) is 4.79 Å². The van der Waals surface area contributed by atoms with Crippen LogP contribution in [-0.4, -0.2) is 49.4 Å². The Labute approximate surface area is 139 Å². The second-order valence-corrected chi connectivity index (χ2v) is 7.60. The van der Waals surface area contributed by atoms with Crippen LogP contribution in [0.1, 0.15) is 19.8 Å². The van der Waals surface area contributed by atoms with Crippen LogP contribution in [0.4, 0.5) is 8.78 Å². The van der Waals surface area contributed by atoms with Gasteiger partial charge in [-0.25, -0.2) is 17.2 Å². The molecule has 0 aliphatic carbocycles. The molecular formula is C15H19F2NO5S. The molecule has 0 saturated carbocycles. The van der Waals surface area contributed by atoms with Gasteiger partial charge < -0.3 is 9.84 Å². The first kappa shape index (κ1) is 18.6. The van der Waals surface area contributed by atoms with Crippen molar-refractivity contribution in [3.63, 3.8) is 0 Å². The zero-order valence-electron chi connectivity index (χ0n) is 13.1. The van der Waals surface area contributed by atoms with E-state index in [1.165, 1.54) is 28.6 Å². The summed E-state index contributed by atoms with van der Waals surface area (Å²) in [6.07, 6.45) is -1.72. The summed E-state index contributed by atoms with van der Waals surface area (Å²) in [7, 11) is -3.86. The highest BCUT2D eigenvalue weighted by Crippen LogP contribution is 2.29. The molecule has 2 rings (SSSR count). The standard InChI is InChI=1S/C15H19F2NO5S/c1-10-2-3-11(15(19)20)8-18(10)24(21,22)13-6-4-12(5-7-13)23-9-14(16)17/h4-7,10-11,14H,2-3,8-9H2,1H3,(H,19,20). The van der Waals surface area contributed by atoms with Crippen LogP contribution >= 0.6 is 0 Å². The van der Waals surface area contributed by atoms with Crippen LogP contribution in [0.3, 0.4) is 0 Å². The van der Waals surface area contributed by atoms with Crippen molar-refractivity contribution in [1.29, 1.82) is 0 Å². The van der Waals surface area contributed by atoms with Crippen LogP contribution in [0.15, 0.2) is 29.2 Å². The number of hydrogen-bond acceptors (Lipinski definition) is 4. The van der Waals surface area contributed by atoms with Crippen molar-refractivity contribution in [1.82, 2.24) is 4.31 Å². The zero-order valence-corrected chi connectivity index (χ0v) is 13.9. The maximum Gasteiger partial charge on any atom is 0.307 e. The Hall–Kier alpha value is -1.74.